The number of ether oxygens (including phenoxy) is 1. The molecule has 4 rings (SSSR count). The molecule has 0 aromatic carbocycles. The lowest BCUT2D eigenvalue weighted by molar-refractivity contribution is -0.212. The zero-order valence-corrected chi connectivity index (χ0v) is 9.49. The minimum absolute atomic E-state index is 0.0947. The average molecular weight is 232 g/mol. The topological polar surface area (TPSA) is 60.4 Å². The lowest BCUT2D eigenvalue weighted by Crippen LogP contribution is -2.67. The number of esters is 1. The minimum Gasteiger partial charge on any atom is -0.469 e. The molecule has 0 atom stereocenters. The first-order chi connectivity index (χ1) is 8.01. The van der Waals surface area contributed by atoms with Gasteiger partial charge in [0, 0.05) is 11.0 Å². The van der Waals surface area contributed by atoms with Gasteiger partial charge in [0.25, 0.3) is 0 Å². The van der Waals surface area contributed by atoms with Crippen molar-refractivity contribution in [2.45, 2.75) is 19.3 Å². The summed E-state index contributed by atoms with van der Waals surface area (Å²) in [6.45, 7) is 0. The van der Waals surface area contributed by atoms with Crippen LogP contribution in [0.2, 0.25) is 0 Å². The number of allylic oxidation sites excluding steroid dienone is 4. The Bertz CT molecular complexity index is 490. The summed E-state index contributed by atoms with van der Waals surface area (Å²) in [6, 6.07) is 0. The fourth-order valence-corrected chi connectivity index (χ4v) is 3.43. The van der Waals surface area contributed by atoms with Gasteiger partial charge < -0.3 is 4.74 Å². The van der Waals surface area contributed by atoms with Crippen molar-refractivity contribution in [3.8, 4) is 0 Å². The van der Waals surface area contributed by atoms with Crippen molar-refractivity contribution in [3.63, 3.8) is 0 Å². The highest BCUT2D eigenvalue weighted by Crippen LogP contribution is 2.76. The number of methoxy groups -OCH3 is 1. The zero-order chi connectivity index (χ0) is 12.3. The van der Waals surface area contributed by atoms with Crippen LogP contribution in [-0.2, 0) is 19.1 Å². The Morgan fingerprint density at radius 2 is 1.88 bits per heavy atom. The average Bonchev–Trinajstić information content (AvgIpc) is 2.19. The number of hydrogen-bond acceptors (Lipinski definition) is 4. The lowest BCUT2D eigenvalue weighted by atomic mass is 9.33. The number of carbonyl (C=O) groups excluding carboxylic acids is 3. The molecule has 3 saturated carbocycles. The van der Waals surface area contributed by atoms with Crippen molar-refractivity contribution in [3.05, 3.63) is 23.8 Å². The molecule has 4 aliphatic carbocycles. The van der Waals surface area contributed by atoms with E-state index < -0.39 is 0 Å². The zero-order valence-electron chi connectivity index (χ0n) is 9.49. The Morgan fingerprint density at radius 3 is 2.47 bits per heavy atom. The SMILES string of the molecule is COC(=O)C12CC(C3=CC(=O)C=CC3=O)(C1)C2. The molecule has 0 N–H and O–H groups in total. The molecule has 0 amide bonds. The molecule has 0 spiro atoms. The van der Waals surface area contributed by atoms with Gasteiger partial charge in [-0.3, -0.25) is 14.4 Å². The molecule has 88 valence electrons. The van der Waals surface area contributed by atoms with Crippen molar-refractivity contribution in [2.24, 2.45) is 10.8 Å². The van der Waals surface area contributed by atoms with Crippen LogP contribution < -0.4 is 0 Å². The Balaban J connectivity index is 1.81. The number of rotatable bonds is 2. The monoisotopic (exact) mass is 232 g/mol. The first-order valence-electron chi connectivity index (χ1n) is 5.58. The van der Waals surface area contributed by atoms with Gasteiger partial charge in [0.2, 0.25) is 0 Å². The van der Waals surface area contributed by atoms with E-state index in [4.69, 9.17) is 4.74 Å². The predicted molar refractivity (Wildman–Crippen MR) is 58.0 cm³/mol. The van der Waals surface area contributed by atoms with Crippen molar-refractivity contribution in [2.75, 3.05) is 7.11 Å². The lowest BCUT2D eigenvalue weighted by Gasteiger charge is -2.69. The third-order valence-corrected chi connectivity index (χ3v) is 4.17. The predicted octanol–water partition coefficient (Wildman–Crippen LogP) is 0.964. The normalized spacial score (nSPS) is 38.1. The number of hydrogen-bond donors (Lipinski definition) is 0. The maximum Gasteiger partial charge on any atom is 0.311 e. The molecule has 0 radical (unpaired) electrons. The molecular weight excluding hydrogens is 220 g/mol. The maximum atomic E-state index is 11.7. The quantitative estimate of drug-likeness (QED) is 0.525. The van der Waals surface area contributed by atoms with Gasteiger partial charge in [-0.2, -0.15) is 0 Å². The summed E-state index contributed by atoms with van der Waals surface area (Å²) >= 11 is 0. The Kier molecular flexibility index (Phi) is 1.81. The molecule has 3 fully saturated rings. The van der Waals surface area contributed by atoms with E-state index in [1.165, 1.54) is 25.3 Å². The van der Waals surface area contributed by atoms with Crippen LogP contribution in [0.3, 0.4) is 0 Å². The van der Waals surface area contributed by atoms with E-state index >= 15 is 0 Å². The largest absolute Gasteiger partial charge is 0.469 e. The van der Waals surface area contributed by atoms with Gasteiger partial charge in [-0.15, -0.1) is 0 Å². The highest BCUT2D eigenvalue weighted by molar-refractivity contribution is 6.18. The molecule has 0 aliphatic heterocycles. The molecule has 4 nitrogen and oxygen atoms in total. The van der Waals surface area contributed by atoms with Crippen LogP contribution in [0.5, 0.6) is 0 Å². The fraction of sp³-hybridized carbons (Fsp3) is 0.462. The van der Waals surface area contributed by atoms with Crippen molar-refractivity contribution >= 4 is 17.5 Å². The highest BCUT2D eigenvalue weighted by Gasteiger charge is 2.74. The van der Waals surface area contributed by atoms with E-state index in [-0.39, 0.29) is 28.4 Å². The van der Waals surface area contributed by atoms with Crippen LogP contribution in [0.25, 0.3) is 0 Å². The summed E-state index contributed by atoms with van der Waals surface area (Å²) in [5, 5.41) is 0. The van der Waals surface area contributed by atoms with Gasteiger partial charge >= 0.3 is 5.97 Å². The van der Waals surface area contributed by atoms with Gasteiger partial charge in [0.15, 0.2) is 11.6 Å². The van der Waals surface area contributed by atoms with Gasteiger partial charge in [0.1, 0.15) is 0 Å². The van der Waals surface area contributed by atoms with Crippen LogP contribution in [-0.4, -0.2) is 24.6 Å². The van der Waals surface area contributed by atoms with Crippen molar-refractivity contribution in [1.29, 1.82) is 0 Å². The first-order valence-corrected chi connectivity index (χ1v) is 5.58. The van der Waals surface area contributed by atoms with E-state index in [1.807, 2.05) is 0 Å². The van der Waals surface area contributed by atoms with Gasteiger partial charge in [-0.25, -0.2) is 0 Å². The molecular formula is C13H12O4. The summed E-state index contributed by atoms with van der Waals surface area (Å²) in [5.74, 6) is -0.427. The summed E-state index contributed by atoms with van der Waals surface area (Å²) < 4.78 is 4.75. The van der Waals surface area contributed by atoms with E-state index in [1.54, 1.807) is 0 Å². The molecule has 4 heteroatoms. The second-order valence-corrected chi connectivity index (χ2v) is 5.24. The summed E-state index contributed by atoms with van der Waals surface area (Å²) in [7, 11) is 1.38. The van der Waals surface area contributed by atoms with Crippen LogP contribution in [0.4, 0.5) is 0 Å². The van der Waals surface area contributed by atoms with E-state index in [0.29, 0.717) is 24.8 Å². The van der Waals surface area contributed by atoms with Gasteiger partial charge in [-0.05, 0) is 37.5 Å². The summed E-state index contributed by atoms with van der Waals surface area (Å²) in [5.41, 5.74) is -0.0260. The van der Waals surface area contributed by atoms with Crippen molar-refractivity contribution < 1.29 is 19.1 Å². The Labute approximate surface area is 98.3 Å². The minimum atomic E-state index is -0.375. The van der Waals surface area contributed by atoms with Gasteiger partial charge in [0.05, 0.1) is 12.5 Å². The molecule has 0 heterocycles. The molecule has 0 unspecified atom stereocenters. The first kappa shape index (κ1) is 10.4. The van der Waals surface area contributed by atoms with Crippen molar-refractivity contribution in [1.82, 2.24) is 0 Å². The summed E-state index contributed by atoms with van der Waals surface area (Å²) in [6.07, 6.45) is 5.96. The second kappa shape index (κ2) is 2.94. The number of carbonyl (C=O) groups is 3. The molecule has 4 aliphatic rings. The van der Waals surface area contributed by atoms with E-state index in [0.717, 1.165) is 0 Å². The third-order valence-electron chi connectivity index (χ3n) is 4.17. The Morgan fingerprint density at radius 1 is 1.24 bits per heavy atom. The molecule has 0 saturated heterocycles. The van der Waals surface area contributed by atoms with Crippen LogP contribution in [0, 0.1) is 10.8 Å². The van der Waals surface area contributed by atoms with Crippen LogP contribution >= 0.6 is 0 Å². The van der Waals surface area contributed by atoms with E-state index in [2.05, 4.69) is 0 Å². The number of ketones is 2. The third kappa shape index (κ3) is 1.15. The fourth-order valence-electron chi connectivity index (χ4n) is 3.43. The maximum absolute atomic E-state index is 11.7. The molecule has 0 aromatic rings. The second-order valence-electron chi connectivity index (χ2n) is 5.24. The van der Waals surface area contributed by atoms with Crippen LogP contribution in [0.15, 0.2) is 23.8 Å². The summed E-state index contributed by atoms with van der Waals surface area (Å²) in [4.78, 5) is 34.5. The smallest absolute Gasteiger partial charge is 0.311 e. The standard InChI is InChI=1S/C13H12O4/c1-17-11(16)13-5-12(6-13,7-13)9-4-8(14)2-3-10(9)15/h2-4H,5-7H2,1H3. The van der Waals surface area contributed by atoms with E-state index in [9.17, 15) is 14.4 Å². The molecule has 0 aromatic heterocycles. The molecule has 2 bridgehead atoms. The van der Waals surface area contributed by atoms with Gasteiger partial charge in [-0.1, -0.05) is 0 Å². The Hall–Kier alpha value is -1.71. The van der Waals surface area contributed by atoms with Crippen LogP contribution in [0.1, 0.15) is 19.3 Å². The highest BCUT2D eigenvalue weighted by atomic mass is 16.5. The molecule has 17 heavy (non-hydrogen) atoms.